The van der Waals surface area contributed by atoms with Gasteiger partial charge in [-0.15, -0.1) is 0 Å². The van der Waals surface area contributed by atoms with Gasteiger partial charge < -0.3 is 10.2 Å². The number of carbonyl (C=O) groups is 2. The first kappa shape index (κ1) is 27.9. The van der Waals surface area contributed by atoms with Crippen LogP contribution in [0.25, 0.3) is 0 Å². The van der Waals surface area contributed by atoms with E-state index in [2.05, 4.69) is 5.32 Å². The predicted molar refractivity (Wildman–Crippen MR) is 142 cm³/mol. The number of anilines is 1. The van der Waals surface area contributed by atoms with Gasteiger partial charge in [0, 0.05) is 12.6 Å². The molecule has 196 valence electrons. The first-order chi connectivity index (χ1) is 17.6. The SMILES string of the molecule is CC(C)NC(=O)C(C)N(CCc1ccccc1)C(=O)CN(c1ccccc1)S(=O)(=O)c1ccc(F)cc1. The molecule has 0 bridgehead atoms. The third-order valence-electron chi connectivity index (χ3n) is 5.81. The van der Waals surface area contributed by atoms with E-state index < -0.39 is 34.3 Å². The molecule has 0 saturated carbocycles. The zero-order chi connectivity index (χ0) is 27.0. The number of nitrogens with zero attached hydrogens (tertiary/aromatic N) is 2. The summed E-state index contributed by atoms with van der Waals surface area (Å²) in [7, 11) is -4.21. The summed E-state index contributed by atoms with van der Waals surface area (Å²) in [5.74, 6) is -1.43. The lowest BCUT2D eigenvalue weighted by molar-refractivity contribution is -0.139. The largest absolute Gasteiger partial charge is 0.352 e. The Hall–Kier alpha value is -3.72. The Bertz CT molecular complexity index is 1280. The number of hydrogen-bond acceptors (Lipinski definition) is 4. The molecule has 1 atom stereocenters. The maximum atomic E-state index is 13.7. The van der Waals surface area contributed by atoms with Crippen LogP contribution in [0.3, 0.4) is 0 Å². The lowest BCUT2D eigenvalue weighted by atomic mass is 10.1. The summed E-state index contributed by atoms with van der Waals surface area (Å²) in [5, 5.41) is 2.82. The molecule has 37 heavy (non-hydrogen) atoms. The lowest BCUT2D eigenvalue weighted by Crippen LogP contribution is -2.53. The fourth-order valence-corrected chi connectivity index (χ4v) is 5.25. The quantitative estimate of drug-likeness (QED) is 0.410. The Morgan fingerprint density at radius 1 is 0.865 bits per heavy atom. The molecule has 0 aliphatic carbocycles. The van der Waals surface area contributed by atoms with Crippen LogP contribution in [-0.2, 0) is 26.0 Å². The predicted octanol–water partition coefficient (Wildman–Crippen LogP) is 4.01. The van der Waals surface area contributed by atoms with Gasteiger partial charge in [0.1, 0.15) is 18.4 Å². The maximum absolute atomic E-state index is 13.7. The lowest BCUT2D eigenvalue weighted by Gasteiger charge is -2.32. The summed E-state index contributed by atoms with van der Waals surface area (Å²) in [5.41, 5.74) is 1.26. The first-order valence-electron chi connectivity index (χ1n) is 12.1. The topological polar surface area (TPSA) is 86.8 Å². The molecular formula is C28H32FN3O4S. The van der Waals surface area contributed by atoms with Gasteiger partial charge in [0.15, 0.2) is 0 Å². The number of rotatable bonds is 11. The average Bonchev–Trinajstić information content (AvgIpc) is 2.88. The summed E-state index contributed by atoms with van der Waals surface area (Å²) in [6.45, 7) is 4.97. The first-order valence-corrected chi connectivity index (χ1v) is 13.5. The molecule has 0 aliphatic heterocycles. The van der Waals surface area contributed by atoms with Crippen molar-refractivity contribution < 1.29 is 22.4 Å². The van der Waals surface area contributed by atoms with Crippen LogP contribution in [0.5, 0.6) is 0 Å². The van der Waals surface area contributed by atoms with Crippen LogP contribution in [0.2, 0.25) is 0 Å². The maximum Gasteiger partial charge on any atom is 0.264 e. The van der Waals surface area contributed by atoms with Gasteiger partial charge in [-0.25, -0.2) is 12.8 Å². The highest BCUT2D eigenvalue weighted by Gasteiger charge is 2.32. The van der Waals surface area contributed by atoms with Crippen LogP contribution < -0.4 is 9.62 Å². The molecule has 9 heteroatoms. The molecule has 0 fully saturated rings. The molecule has 3 aromatic carbocycles. The molecule has 0 spiro atoms. The van der Waals surface area contributed by atoms with E-state index in [9.17, 15) is 22.4 Å². The van der Waals surface area contributed by atoms with E-state index in [0.717, 1.165) is 34.1 Å². The normalized spacial score (nSPS) is 12.1. The molecule has 2 amide bonds. The Balaban J connectivity index is 1.94. The molecule has 0 heterocycles. The standard InChI is InChI=1S/C28H32FN3O4S/c1-21(2)30-28(34)22(3)31(19-18-23-10-6-4-7-11-23)27(33)20-32(25-12-8-5-9-13-25)37(35,36)26-16-14-24(29)15-17-26/h4-17,21-22H,18-20H2,1-3H3,(H,30,34). The van der Waals surface area contributed by atoms with Gasteiger partial charge in [0.25, 0.3) is 10.0 Å². The Morgan fingerprint density at radius 3 is 2.00 bits per heavy atom. The zero-order valence-corrected chi connectivity index (χ0v) is 22.0. The average molecular weight is 526 g/mol. The van der Waals surface area contributed by atoms with Crippen LogP contribution in [-0.4, -0.2) is 50.3 Å². The fourth-order valence-electron chi connectivity index (χ4n) is 3.83. The number of sulfonamides is 1. The van der Waals surface area contributed by atoms with Gasteiger partial charge in [0.05, 0.1) is 10.6 Å². The minimum atomic E-state index is -4.21. The van der Waals surface area contributed by atoms with E-state index in [4.69, 9.17) is 0 Å². The van der Waals surface area contributed by atoms with E-state index in [1.807, 2.05) is 44.2 Å². The highest BCUT2D eigenvalue weighted by Crippen LogP contribution is 2.24. The summed E-state index contributed by atoms with van der Waals surface area (Å²) >= 11 is 0. The second kappa shape index (κ2) is 12.5. The van der Waals surface area contributed by atoms with E-state index >= 15 is 0 Å². The van der Waals surface area contributed by atoms with E-state index in [-0.39, 0.29) is 29.1 Å². The molecule has 0 aromatic heterocycles. The van der Waals surface area contributed by atoms with Gasteiger partial charge in [-0.05, 0) is 69.2 Å². The van der Waals surface area contributed by atoms with Crippen molar-refractivity contribution >= 4 is 27.5 Å². The van der Waals surface area contributed by atoms with Crippen molar-refractivity contribution in [1.82, 2.24) is 10.2 Å². The summed E-state index contributed by atoms with van der Waals surface area (Å²) in [4.78, 5) is 27.8. The van der Waals surface area contributed by atoms with Crippen molar-refractivity contribution in [3.8, 4) is 0 Å². The van der Waals surface area contributed by atoms with Crippen molar-refractivity contribution in [2.24, 2.45) is 0 Å². The zero-order valence-electron chi connectivity index (χ0n) is 21.2. The molecule has 3 aromatic rings. The number of carbonyl (C=O) groups excluding carboxylic acids is 2. The van der Waals surface area contributed by atoms with Crippen molar-refractivity contribution in [2.45, 2.75) is 44.2 Å². The van der Waals surface area contributed by atoms with Gasteiger partial charge in [-0.3, -0.25) is 13.9 Å². The van der Waals surface area contributed by atoms with Gasteiger partial charge in [0.2, 0.25) is 11.8 Å². The molecule has 0 radical (unpaired) electrons. The third-order valence-corrected chi connectivity index (χ3v) is 7.60. The van der Waals surface area contributed by atoms with Crippen molar-refractivity contribution in [1.29, 1.82) is 0 Å². The van der Waals surface area contributed by atoms with Gasteiger partial charge in [-0.2, -0.15) is 0 Å². The third kappa shape index (κ3) is 7.39. The Labute approximate surface area is 218 Å². The Morgan fingerprint density at radius 2 is 1.43 bits per heavy atom. The molecule has 7 nitrogen and oxygen atoms in total. The monoisotopic (exact) mass is 525 g/mol. The van der Waals surface area contributed by atoms with Crippen LogP contribution in [0, 0.1) is 5.82 Å². The number of nitrogens with one attached hydrogen (secondary N) is 1. The van der Waals surface area contributed by atoms with E-state index in [1.54, 1.807) is 37.3 Å². The molecule has 3 rings (SSSR count). The number of para-hydroxylation sites is 1. The van der Waals surface area contributed by atoms with Gasteiger partial charge >= 0.3 is 0 Å². The van der Waals surface area contributed by atoms with Crippen LogP contribution in [0.4, 0.5) is 10.1 Å². The minimum Gasteiger partial charge on any atom is -0.352 e. The Kier molecular flexibility index (Phi) is 9.41. The highest BCUT2D eigenvalue weighted by molar-refractivity contribution is 7.92. The molecule has 0 aliphatic rings. The van der Waals surface area contributed by atoms with Crippen molar-refractivity contribution in [3.63, 3.8) is 0 Å². The number of amides is 2. The second-order valence-corrected chi connectivity index (χ2v) is 10.8. The van der Waals surface area contributed by atoms with Crippen molar-refractivity contribution in [3.05, 3.63) is 96.3 Å². The van der Waals surface area contributed by atoms with E-state index in [1.165, 1.54) is 4.90 Å². The van der Waals surface area contributed by atoms with Crippen LogP contribution in [0.1, 0.15) is 26.3 Å². The smallest absolute Gasteiger partial charge is 0.264 e. The second-order valence-electron chi connectivity index (χ2n) is 8.96. The number of halogens is 1. The molecule has 0 saturated heterocycles. The minimum absolute atomic E-state index is 0.124. The highest BCUT2D eigenvalue weighted by atomic mass is 32.2. The van der Waals surface area contributed by atoms with Crippen LogP contribution in [0.15, 0.2) is 89.8 Å². The number of hydrogen-bond donors (Lipinski definition) is 1. The van der Waals surface area contributed by atoms with Crippen LogP contribution >= 0.6 is 0 Å². The molecule has 1 N–H and O–H groups in total. The van der Waals surface area contributed by atoms with E-state index in [0.29, 0.717) is 6.42 Å². The van der Waals surface area contributed by atoms with Gasteiger partial charge in [-0.1, -0.05) is 48.5 Å². The summed E-state index contributed by atoms with van der Waals surface area (Å²) < 4.78 is 41.6. The number of benzene rings is 3. The molecular weight excluding hydrogens is 493 g/mol. The van der Waals surface area contributed by atoms with Crippen molar-refractivity contribution in [2.75, 3.05) is 17.4 Å². The fraction of sp³-hybridized carbons (Fsp3) is 0.286. The summed E-state index contributed by atoms with van der Waals surface area (Å²) in [6, 6.07) is 21.2. The summed E-state index contributed by atoms with van der Waals surface area (Å²) in [6.07, 6.45) is 0.488. The molecule has 1 unspecified atom stereocenters.